The predicted octanol–water partition coefficient (Wildman–Crippen LogP) is 3.95. The third-order valence-electron chi connectivity index (χ3n) is 3.81. The number of carbonyl (C=O) groups excluding carboxylic acids is 2. The second-order valence-electron chi connectivity index (χ2n) is 7.17. The Labute approximate surface area is 157 Å². The van der Waals surface area contributed by atoms with Gasteiger partial charge in [-0.25, -0.2) is 9.78 Å². The van der Waals surface area contributed by atoms with Crippen molar-refractivity contribution in [1.29, 1.82) is 0 Å². The van der Waals surface area contributed by atoms with Gasteiger partial charge in [-0.1, -0.05) is 23.2 Å². The highest BCUT2D eigenvalue weighted by atomic mass is 35.5. The average Bonchev–Trinajstić information content (AvgIpc) is 2.46. The number of ether oxygens (including phenoxy) is 1. The molecule has 0 aromatic carbocycles. The fourth-order valence-corrected chi connectivity index (χ4v) is 3.18. The van der Waals surface area contributed by atoms with E-state index in [1.807, 2.05) is 20.8 Å². The molecule has 0 bridgehead atoms. The van der Waals surface area contributed by atoms with E-state index >= 15 is 0 Å². The normalized spacial score (nSPS) is 20.7. The largest absolute Gasteiger partial charge is 0.444 e. The first-order chi connectivity index (χ1) is 11.6. The smallest absolute Gasteiger partial charge is 0.407 e. The van der Waals surface area contributed by atoms with Gasteiger partial charge >= 0.3 is 6.09 Å². The third-order valence-corrected chi connectivity index (χ3v) is 4.20. The summed E-state index contributed by atoms with van der Waals surface area (Å²) in [5.41, 5.74) is -0.124. The van der Waals surface area contributed by atoms with Crippen molar-refractivity contribution in [2.45, 2.75) is 64.1 Å². The molecule has 6 nitrogen and oxygen atoms in total. The number of nitrogens with one attached hydrogen (secondary N) is 2. The first-order valence-electron chi connectivity index (χ1n) is 8.26. The minimum atomic E-state index is -0.512. The van der Waals surface area contributed by atoms with Crippen LogP contribution in [0.4, 0.5) is 4.79 Å². The molecule has 1 aromatic rings. The van der Waals surface area contributed by atoms with E-state index < -0.39 is 11.7 Å². The summed E-state index contributed by atoms with van der Waals surface area (Å²) < 4.78 is 5.26. The van der Waals surface area contributed by atoms with Gasteiger partial charge in [-0.05, 0) is 58.6 Å². The molecule has 0 atom stereocenters. The zero-order chi connectivity index (χ0) is 18.6. The number of alkyl carbamates (subject to hydrolysis) is 1. The van der Waals surface area contributed by atoms with E-state index in [1.54, 1.807) is 0 Å². The maximum absolute atomic E-state index is 12.3. The minimum Gasteiger partial charge on any atom is -0.444 e. The van der Waals surface area contributed by atoms with E-state index in [2.05, 4.69) is 15.6 Å². The second-order valence-corrected chi connectivity index (χ2v) is 7.94. The van der Waals surface area contributed by atoms with Gasteiger partial charge in [-0.3, -0.25) is 4.79 Å². The van der Waals surface area contributed by atoms with Gasteiger partial charge < -0.3 is 15.4 Å². The number of rotatable bonds is 3. The summed E-state index contributed by atoms with van der Waals surface area (Å²) in [6.45, 7) is 5.49. The lowest BCUT2D eigenvalue weighted by Gasteiger charge is -2.30. The molecule has 0 saturated heterocycles. The van der Waals surface area contributed by atoms with Crippen LogP contribution in [0.15, 0.2) is 12.1 Å². The van der Waals surface area contributed by atoms with Gasteiger partial charge in [0.1, 0.15) is 15.9 Å². The summed E-state index contributed by atoms with van der Waals surface area (Å²) in [6.07, 6.45) is 2.71. The summed E-state index contributed by atoms with van der Waals surface area (Å²) in [7, 11) is 0. The molecule has 1 heterocycles. The fourth-order valence-electron chi connectivity index (χ4n) is 2.72. The van der Waals surface area contributed by atoms with Crippen LogP contribution in [0.2, 0.25) is 10.3 Å². The maximum Gasteiger partial charge on any atom is 0.407 e. The summed E-state index contributed by atoms with van der Waals surface area (Å²) in [4.78, 5) is 27.9. The first-order valence-corrected chi connectivity index (χ1v) is 9.01. The van der Waals surface area contributed by atoms with Crippen molar-refractivity contribution in [1.82, 2.24) is 15.6 Å². The monoisotopic (exact) mass is 387 g/mol. The molecule has 138 valence electrons. The van der Waals surface area contributed by atoms with Gasteiger partial charge in [0.15, 0.2) is 0 Å². The van der Waals surface area contributed by atoms with Crippen LogP contribution in [0, 0.1) is 0 Å². The Bertz CT molecular complexity index is 618. The van der Waals surface area contributed by atoms with E-state index in [9.17, 15) is 9.59 Å². The quantitative estimate of drug-likeness (QED) is 0.769. The van der Waals surface area contributed by atoms with E-state index in [0.717, 1.165) is 25.7 Å². The van der Waals surface area contributed by atoms with Crippen molar-refractivity contribution >= 4 is 35.2 Å². The van der Waals surface area contributed by atoms with Gasteiger partial charge in [-0.2, -0.15) is 0 Å². The molecule has 0 aliphatic heterocycles. The van der Waals surface area contributed by atoms with Crippen molar-refractivity contribution in [3.8, 4) is 0 Å². The lowest BCUT2D eigenvalue weighted by molar-refractivity contribution is 0.0488. The zero-order valence-corrected chi connectivity index (χ0v) is 16.1. The molecule has 0 spiro atoms. The Morgan fingerprint density at radius 3 is 2.00 bits per heavy atom. The number of amides is 2. The molecule has 2 rings (SSSR count). The van der Waals surface area contributed by atoms with E-state index in [4.69, 9.17) is 27.9 Å². The Morgan fingerprint density at radius 2 is 1.52 bits per heavy atom. The van der Waals surface area contributed by atoms with Gasteiger partial charge in [-0.15, -0.1) is 0 Å². The zero-order valence-electron chi connectivity index (χ0n) is 14.6. The van der Waals surface area contributed by atoms with Crippen LogP contribution in [-0.2, 0) is 4.74 Å². The van der Waals surface area contributed by atoms with Crippen LogP contribution < -0.4 is 10.6 Å². The number of nitrogens with zero attached hydrogens (tertiary/aromatic N) is 1. The van der Waals surface area contributed by atoms with Crippen LogP contribution in [0.5, 0.6) is 0 Å². The van der Waals surface area contributed by atoms with Crippen LogP contribution in [0.3, 0.4) is 0 Å². The molecular formula is C17H23Cl2N3O3. The highest BCUT2D eigenvalue weighted by Gasteiger charge is 2.25. The van der Waals surface area contributed by atoms with Gasteiger partial charge in [0.05, 0.1) is 0 Å². The summed E-state index contributed by atoms with van der Waals surface area (Å²) in [6, 6.07) is 3.08. The van der Waals surface area contributed by atoms with Gasteiger partial charge in [0, 0.05) is 17.6 Å². The topological polar surface area (TPSA) is 80.3 Å². The predicted molar refractivity (Wildman–Crippen MR) is 97.1 cm³/mol. The minimum absolute atomic E-state index is 0.0508. The number of hydrogen-bond acceptors (Lipinski definition) is 4. The molecule has 1 saturated carbocycles. The molecule has 1 aliphatic carbocycles. The van der Waals surface area contributed by atoms with Crippen molar-refractivity contribution in [3.63, 3.8) is 0 Å². The van der Waals surface area contributed by atoms with Gasteiger partial charge in [0.25, 0.3) is 5.91 Å². The van der Waals surface area contributed by atoms with Crippen LogP contribution in [-0.4, -0.2) is 34.7 Å². The van der Waals surface area contributed by atoms with Gasteiger partial charge in [0.2, 0.25) is 0 Å². The van der Waals surface area contributed by atoms with E-state index in [-0.39, 0.29) is 28.3 Å². The van der Waals surface area contributed by atoms with Crippen molar-refractivity contribution in [2.75, 3.05) is 0 Å². The Hall–Kier alpha value is -1.53. The molecule has 1 aliphatic rings. The Morgan fingerprint density at radius 1 is 1.04 bits per heavy atom. The fraction of sp³-hybridized carbons (Fsp3) is 0.588. The molecule has 25 heavy (non-hydrogen) atoms. The third kappa shape index (κ3) is 6.71. The van der Waals surface area contributed by atoms with Crippen molar-refractivity contribution < 1.29 is 14.3 Å². The van der Waals surface area contributed by atoms with Crippen LogP contribution >= 0.6 is 23.2 Å². The van der Waals surface area contributed by atoms with E-state index in [0.29, 0.717) is 5.56 Å². The molecule has 1 aromatic heterocycles. The lowest BCUT2D eigenvalue weighted by Crippen LogP contribution is -2.45. The second kappa shape index (κ2) is 8.23. The Kier molecular flexibility index (Phi) is 6.52. The molecule has 0 unspecified atom stereocenters. The van der Waals surface area contributed by atoms with Crippen molar-refractivity contribution in [2.24, 2.45) is 0 Å². The first kappa shape index (κ1) is 19.8. The van der Waals surface area contributed by atoms with E-state index in [1.165, 1.54) is 12.1 Å². The molecule has 2 N–H and O–H groups in total. The number of pyridine rings is 1. The highest BCUT2D eigenvalue weighted by Crippen LogP contribution is 2.21. The number of carbonyl (C=O) groups is 2. The molecular weight excluding hydrogens is 365 g/mol. The average molecular weight is 388 g/mol. The Balaban J connectivity index is 1.80. The van der Waals surface area contributed by atoms with Crippen LogP contribution in [0.1, 0.15) is 56.8 Å². The van der Waals surface area contributed by atoms with Crippen molar-refractivity contribution in [3.05, 3.63) is 28.0 Å². The SMILES string of the molecule is CC(C)(C)OC(=O)NC1CCC(NC(=O)c2cc(Cl)nc(Cl)c2)CC1. The standard InChI is InChI=1S/C17H23Cl2N3O3/c1-17(2,3)25-16(24)21-12-6-4-11(5-7-12)20-15(23)10-8-13(18)22-14(19)9-10/h8-9,11-12H,4-7H2,1-3H3,(H,20,23)(H,21,24). The van der Waals surface area contributed by atoms with Crippen LogP contribution in [0.25, 0.3) is 0 Å². The lowest BCUT2D eigenvalue weighted by atomic mass is 9.91. The summed E-state index contributed by atoms with van der Waals surface area (Å²) in [5, 5.41) is 6.22. The number of aromatic nitrogens is 1. The number of halogens is 2. The molecule has 8 heteroatoms. The summed E-state index contributed by atoms with van der Waals surface area (Å²) in [5.74, 6) is -0.227. The molecule has 1 fully saturated rings. The maximum atomic E-state index is 12.3. The highest BCUT2D eigenvalue weighted by molar-refractivity contribution is 6.33. The number of hydrogen-bond donors (Lipinski definition) is 2. The summed E-state index contributed by atoms with van der Waals surface area (Å²) >= 11 is 11.6. The molecule has 2 amide bonds. The molecule has 0 radical (unpaired) electrons.